The zero-order valence-corrected chi connectivity index (χ0v) is 21.1. The average Bonchev–Trinajstić information content (AvgIpc) is 2.73. The van der Waals surface area contributed by atoms with Crippen molar-refractivity contribution in [1.82, 2.24) is 15.5 Å². The molecule has 0 bridgehead atoms. The fourth-order valence-corrected chi connectivity index (χ4v) is 3.23. The van der Waals surface area contributed by atoms with Gasteiger partial charge in [0.05, 0.1) is 7.11 Å². The highest BCUT2D eigenvalue weighted by Gasteiger charge is 2.37. The summed E-state index contributed by atoms with van der Waals surface area (Å²) < 4.78 is 9.92. The number of nitrogens with one attached hydrogen (secondary N) is 2. The van der Waals surface area contributed by atoms with Gasteiger partial charge < -0.3 is 25.0 Å². The van der Waals surface area contributed by atoms with E-state index in [1.165, 1.54) is 18.1 Å². The number of ether oxygens (including phenoxy) is 2. The first-order valence-electron chi connectivity index (χ1n) is 11.1. The first kappa shape index (κ1) is 28.7. The van der Waals surface area contributed by atoms with Crippen LogP contribution in [0.2, 0.25) is 0 Å². The fraction of sp³-hybridized carbons (Fsp3) is 0.520. The van der Waals surface area contributed by atoms with Gasteiger partial charge in [-0.25, -0.2) is 4.79 Å². The van der Waals surface area contributed by atoms with Gasteiger partial charge in [-0.05, 0) is 39.2 Å². The molecule has 0 heterocycles. The molecule has 3 amide bonds. The van der Waals surface area contributed by atoms with Crippen molar-refractivity contribution in [3.8, 4) is 0 Å². The van der Waals surface area contributed by atoms with Crippen LogP contribution in [0.1, 0.15) is 51.8 Å². The summed E-state index contributed by atoms with van der Waals surface area (Å²) in [6.07, 6.45) is 0.763. The minimum Gasteiger partial charge on any atom is -0.468 e. The SMILES string of the molecule is C=CCN(C(=O)C(NC(=O)OC(C)(C)C)C(C)C)C(C(=O)NCC(=O)OC)c1cccc(C)c1. The molecule has 0 aliphatic rings. The van der Waals surface area contributed by atoms with Crippen molar-refractivity contribution in [3.05, 3.63) is 48.0 Å². The maximum Gasteiger partial charge on any atom is 0.408 e. The Morgan fingerprint density at radius 2 is 1.82 bits per heavy atom. The van der Waals surface area contributed by atoms with Crippen LogP contribution in [0.25, 0.3) is 0 Å². The van der Waals surface area contributed by atoms with E-state index in [4.69, 9.17) is 4.74 Å². The molecule has 0 fully saturated rings. The highest BCUT2D eigenvalue weighted by atomic mass is 16.6. The van der Waals surface area contributed by atoms with E-state index in [0.717, 1.165) is 5.56 Å². The predicted octanol–water partition coefficient (Wildman–Crippen LogP) is 2.89. The van der Waals surface area contributed by atoms with Gasteiger partial charge in [0.2, 0.25) is 11.8 Å². The van der Waals surface area contributed by atoms with E-state index in [-0.39, 0.29) is 19.0 Å². The molecule has 1 rings (SSSR count). The van der Waals surface area contributed by atoms with Crippen molar-refractivity contribution in [3.63, 3.8) is 0 Å². The van der Waals surface area contributed by atoms with Crippen molar-refractivity contribution >= 4 is 23.9 Å². The molecule has 9 nitrogen and oxygen atoms in total. The summed E-state index contributed by atoms with van der Waals surface area (Å²) in [5.41, 5.74) is 0.701. The maximum atomic E-state index is 13.7. The maximum absolute atomic E-state index is 13.7. The Balaban J connectivity index is 3.39. The molecule has 34 heavy (non-hydrogen) atoms. The molecule has 1 aromatic carbocycles. The number of carbonyl (C=O) groups excluding carboxylic acids is 4. The summed E-state index contributed by atoms with van der Waals surface area (Å²) in [5.74, 6) is -1.97. The van der Waals surface area contributed by atoms with Crippen molar-refractivity contribution < 1.29 is 28.7 Å². The Labute approximate surface area is 201 Å². The summed E-state index contributed by atoms with van der Waals surface area (Å²) in [6.45, 7) is 14.0. The summed E-state index contributed by atoms with van der Waals surface area (Å²) in [7, 11) is 1.22. The lowest BCUT2D eigenvalue weighted by Crippen LogP contribution is -2.55. The molecule has 2 N–H and O–H groups in total. The third kappa shape index (κ3) is 8.88. The van der Waals surface area contributed by atoms with Crippen molar-refractivity contribution in [2.45, 2.75) is 59.2 Å². The third-order valence-corrected chi connectivity index (χ3v) is 4.77. The molecule has 1 aromatic rings. The standard InChI is InChI=1S/C25H37N3O6/c1-9-13-28(23(31)20(16(2)3)27-24(32)34-25(5,6)7)21(18-12-10-11-17(4)14-18)22(30)26-15-19(29)33-8/h9-12,14,16,20-21H,1,13,15H2,2-8H3,(H,26,30)(H,27,32). The second-order valence-electron chi connectivity index (χ2n) is 9.26. The number of nitrogens with zero attached hydrogens (tertiary/aromatic N) is 1. The number of hydrogen-bond acceptors (Lipinski definition) is 6. The second-order valence-corrected chi connectivity index (χ2v) is 9.26. The van der Waals surface area contributed by atoms with Gasteiger partial charge in [-0.1, -0.05) is 49.8 Å². The Morgan fingerprint density at radius 1 is 1.18 bits per heavy atom. The van der Waals surface area contributed by atoms with Gasteiger partial charge in [0.1, 0.15) is 24.2 Å². The van der Waals surface area contributed by atoms with Crippen LogP contribution in [0.15, 0.2) is 36.9 Å². The average molecular weight is 476 g/mol. The van der Waals surface area contributed by atoms with Gasteiger partial charge in [-0.3, -0.25) is 14.4 Å². The van der Waals surface area contributed by atoms with E-state index in [1.807, 2.05) is 13.0 Å². The third-order valence-electron chi connectivity index (χ3n) is 4.77. The van der Waals surface area contributed by atoms with Crippen LogP contribution in [0.3, 0.4) is 0 Å². The van der Waals surface area contributed by atoms with E-state index in [0.29, 0.717) is 5.56 Å². The van der Waals surface area contributed by atoms with Gasteiger partial charge in [-0.15, -0.1) is 6.58 Å². The second kappa shape index (κ2) is 12.8. The summed E-state index contributed by atoms with van der Waals surface area (Å²) in [6, 6.07) is 5.13. The highest BCUT2D eigenvalue weighted by molar-refractivity contribution is 5.93. The summed E-state index contributed by atoms with van der Waals surface area (Å²) >= 11 is 0. The Morgan fingerprint density at radius 3 is 2.32 bits per heavy atom. The van der Waals surface area contributed by atoms with Crippen molar-refractivity contribution in [2.24, 2.45) is 5.92 Å². The minimum absolute atomic E-state index is 0.0301. The largest absolute Gasteiger partial charge is 0.468 e. The molecule has 2 unspecified atom stereocenters. The van der Waals surface area contributed by atoms with E-state index >= 15 is 0 Å². The topological polar surface area (TPSA) is 114 Å². The molecule has 0 saturated carbocycles. The molecule has 0 aliphatic carbocycles. The van der Waals surface area contributed by atoms with Crippen LogP contribution in [0.5, 0.6) is 0 Å². The number of methoxy groups -OCH3 is 1. The molecule has 0 aromatic heterocycles. The molecule has 0 spiro atoms. The van der Waals surface area contributed by atoms with E-state index < -0.39 is 41.6 Å². The molecule has 9 heteroatoms. The monoisotopic (exact) mass is 475 g/mol. The van der Waals surface area contributed by atoms with Gasteiger partial charge in [0.15, 0.2) is 0 Å². The lowest BCUT2D eigenvalue weighted by Gasteiger charge is -2.35. The molecule has 0 radical (unpaired) electrons. The minimum atomic E-state index is -1.07. The smallest absolute Gasteiger partial charge is 0.408 e. The number of aryl methyl sites for hydroxylation is 1. The number of hydrogen-bond donors (Lipinski definition) is 2. The van der Waals surface area contributed by atoms with Crippen LogP contribution in [-0.4, -0.2) is 60.6 Å². The van der Waals surface area contributed by atoms with Crippen LogP contribution >= 0.6 is 0 Å². The highest BCUT2D eigenvalue weighted by Crippen LogP contribution is 2.24. The van der Waals surface area contributed by atoms with Gasteiger partial charge in [0.25, 0.3) is 0 Å². The zero-order chi connectivity index (χ0) is 26.1. The number of rotatable bonds is 10. The van der Waals surface area contributed by atoms with Gasteiger partial charge in [0, 0.05) is 6.54 Å². The summed E-state index contributed by atoms with van der Waals surface area (Å²) in [5, 5.41) is 5.17. The number of carbonyl (C=O) groups is 4. The number of alkyl carbamates (subject to hydrolysis) is 1. The van der Waals surface area contributed by atoms with Crippen molar-refractivity contribution in [2.75, 3.05) is 20.2 Å². The van der Waals surface area contributed by atoms with Crippen LogP contribution in [-0.2, 0) is 23.9 Å². The number of esters is 1. The molecule has 0 saturated heterocycles. The number of benzene rings is 1. The molecular formula is C25H37N3O6. The Kier molecular flexibility index (Phi) is 10.8. The Hall–Kier alpha value is -3.36. The van der Waals surface area contributed by atoms with E-state index in [1.54, 1.807) is 52.8 Å². The van der Waals surface area contributed by atoms with E-state index in [9.17, 15) is 19.2 Å². The van der Waals surface area contributed by atoms with Crippen LogP contribution in [0.4, 0.5) is 4.79 Å². The number of amides is 3. The lowest BCUT2D eigenvalue weighted by atomic mass is 9.98. The molecular weight excluding hydrogens is 438 g/mol. The van der Waals surface area contributed by atoms with Gasteiger partial charge in [-0.2, -0.15) is 0 Å². The molecule has 0 aliphatic heterocycles. The normalized spacial score (nSPS) is 12.8. The zero-order valence-electron chi connectivity index (χ0n) is 21.1. The fourth-order valence-electron chi connectivity index (χ4n) is 3.23. The Bertz CT molecular complexity index is 891. The summed E-state index contributed by atoms with van der Waals surface area (Å²) in [4.78, 5) is 52.3. The molecule has 188 valence electrons. The quantitative estimate of drug-likeness (QED) is 0.397. The van der Waals surface area contributed by atoms with Crippen LogP contribution in [0, 0.1) is 12.8 Å². The van der Waals surface area contributed by atoms with Crippen molar-refractivity contribution in [1.29, 1.82) is 0 Å². The van der Waals surface area contributed by atoms with E-state index in [2.05, 4.69) is 21.9 Å². The lowest BCUT2D eigenvalue weighted by molar-refractivity contribution is -0.144. The first-order chi connectivity index (χ1) is 15.8. The van der Waals surface area contributed by atoms with Crippen LogP contribution < -0.4 is 10.6 Å². The molecule has 2 atom stereocenters. The van der Waals surface area contributed by atoms with Gasteiger partial charge >= 0.3 is 12.1 Å². The first-order valence-corrected chi connectivity index (χ1v) is 11.1. The predicted molar refractivity (Wildman–Crippen MR) is 129 cm³/mol.